The Kier molecular flexibility index (Phi) is 7.09. The van der Waals surface area contributed by atoms with Crippen LogP contribution in [0.15, 0.2) is 64.8 Å². The average Bonchev–Trinajstić information content (AvgIpc) is 2.62. The molecule has 0 spiro atoms. The van der Waals surface area contributed by atoms with Crippen molar-refractivity contribution in [2.45, 2.75) is 33.1 Å². The normalized spacial score (nSPS) is 10.8. The molecule has 0 saturated heterocycles. The molecule has 0 fully saturated rings. The minimum Gasteiger partial charge on any atom is -0.506 e. The molecule has 0 radical (unpaired) electrons. The number of carbonyl (C=O) groups excluding carboxylic acids is 1. The molecule has 26 heavy (non-hydrogen) atoms. The molecule has 0 unspecified atom stereocenters. The molecule has 0 saturated carbocycles. The molecule has 0 heterocycles. The zero-order chi connectivity index (χ0) is 18.9. The van der Waals surface area contributed by atoms with E-state index in [-0.39, 0.29) is 11.7 Å². The fourth-order valence-electron chi connectivity index (χ4n) is 2.39. The van der Waals surface area contributed by atoms with Crippen LogP contribution >= 0.6 is 0 Å². The number of azo groups is 1. The van der Waals surface area contributed by atoms with Crippen molar-refractivity contribution in [1.82, 2.24) is 5.32 Å². The molecule has 1 amide bonds. The van der Waals surface area contributed by atoms with Gasteiger partial charge in [0.05, 0.1) is 5.69 Å². The Balaban J connectivity index is 1.92. The number of phenolic OH excluding ortho intramolecular Hbond substituents is 1. The second-order valence-corrected chi connectivity index (χ2v) is 6.30. The largest absolute Gasteiger partial charge is 0.506 e. The Bertz CT molecular complexity index is 813. The molecule has 2 aromatic rings. The number of benzene rings is 2. The van der Waals surface area contributed by atoms with Crippen LogP contribution in [0.3, 0.4) is 0 Å². The standard InChI is InChI=1S/C21H25N3O2/c1-15(2)21(26)22-13-7-6-9-17-11-12-20(25)19(14-17)24-23-18-10-5-4-8-16(18)3/h4-5,8,10-12,14,25H,1,6-7,9,13H2,2-3H3,(H,22,26). The first-order chi connectivity index (χ1) is 12.5. The predicted molar refractivity (Wildman–Crippen MR) is 104 cm³/mol. The molecule has 0 aliphatic heterocycles. The van der Waals surface area contributed by atoms with E-state index in [9.17, 15) is 9.90 Å². The summed E-state index contributed by atoms with van der Waals surface area (Å²) >= 11 is 0. The van der Waals surface area contributed by atoms with Gasteiger partial charge in [0.25, 0.3) is 0 Å². The van der Waals surface area contributed by atoms with Gasteiger partial charge in [-0.3, -0.25) is 4.79 Å². The third-order valence-electron chi connectivity index (χ3n) is 3.99. The first kappa shape index (κ1) is 19.4. The monoisotopic (exact) mass is 351 g/mol. The highest BCUT2D eigenvalue weighted by Crippen LogP contribution is 2.30. The highest BCUT2D eigenvalue weighted by atomic mass is 16.3. The molecule has 2 aromatic carbocycles. The Labute approximate surface area is 154 Å². The van der Waals surface area contributed by atoms with Crippen LogP contribution in [0.4, 0.5) is 11.4 Å². The predicted octanol–water partition coefficient (Wildman–Crippen LogP) is 5.13. The van der Waals surface area contributed by atoms with Crippen molar-refractivity contribution in [3.63, 3.8) is 0 Å². The molecule has 5 heteroatoms. The van der Waals surface area contributed by atoms with Gasteiger partial charge in [-0.05, 0) is 62.4 Å². The van der Waals surface area contributed by atoms with Crippen LogP contribution in [0, 0.1) is 6.92 Å². The van der Waals surface area contributed by atoms with Gasteiger partial charge in [0, 0.05) is 12.1 Å². The van der Waals surface area contributed by atoms with Crippen LogP contribution in [-0.4, -0.2) is 17.6 Å². The van der Waals surface area contributed by atoms with Crippen LogP contribution < -0.4 is 5.32 Å². The van der Waals surface area contributed by atoms with Gasteiger partial charge in [0.1, 0.15) is 11.4 Å². The maximum atomic E-state index is 11.4. The molecule has 0 aliphatic carbocycles. The zero-order valence-corrected chi connectivity index (χ0v) is 15.3. The van der Waals surface area contributed by atoms with Gasteiger partial charge in [-0.15, -0.1) is 5.11 Å². The van der Waals surface area contributed by atoms with E-state index in [1.54, 1.807) is 13.0 Å². The minimum atomic E-state index is -0.103. The van der Waals surface area contributed by atoms with Crippen LogP contribution in [0.1, 0.15) is 30.9 Å². The number of nitrogens with zero attached hydrogens (tertiary/aromatic N) is 2. The quantitative estimate of drug-likeness (QED) is 0.393. The lowest BCUT2D eigenvalue weighted by Crippen LogP contribution is -2.24. The molecule has 136 valence electrons. The number of unbranched alkanes of at least 4 members (excludes halogenated alkanes) is 1. The number of nitrogens with one attached hydrogen (secondary N) is 1. The molecular weight excluding hydrogens is 326 g/mol. The maximum absolute atomic E-state index is 11.4. The molecule has 0 bridgehead atoms. The van der Waals surface area contributed by atoms with E-state index in [0.717, 1.165) is 36.1 Å². The molecule has 2 N–H and O–H groups in total. The minimum absolute atomic E-state index is 0.103. The van der Waals surface area contributed by atoms with Crippen molar-refractivity contribution in [1.29, 1.82) is 0 Å². The summed E-state index contributed by atoms with van der Waals surface area (Å²) in [5, 5.41) is 21.2. The van der Waals surface area contributed by atoms with Crippen LogP contribution in [0.5, 0.6) is 5.75 Å². The topological polar surface area (TPSA) is 74.0 Å². The summed E-state index contributed by atoms with van der Waals surface area (Å²) in [6, 6.07) is 13.1. The Morgan fingerprint density at radius 2 is 1.85 bits per heavy atom. The van der Waals surface area contributed by atoms with Gasteiger partial charge in [0.15, 0.2) is 0 Å². The van der Waals surface area contributed by atoms with E-state index >= 15 is 0 Å². The Hall–Kier alpha value is -2.95. The number of hydrogen-bond acceptors (Lipinski definition) is 4. The van der Waals surface area contributed by atoms with Gasteiger partial charge < -0.3 is 10.4 Å². The third-order valence-corrected chi connectivity index (χ3v) is 3.99. The molecule has 0 atom stereocenters. The average molecular weight is 351 g/mol. The number of phenols is 1. The van der Waals surface area contributed by atoms with Crippen LogP contribution in [0.25, 0.3) is 0 Å². The highest BCUT2D eigenvalue weighted by Gasteiger charge is 2.04. The molecule has 0 aromatic heterocycles. The summed E-state index contributed by atoms with van der Waals surface area (Å²) < 4.78 is 0. The first-order valence-electron chi connectivity index (χ1n) is 8.70. The van der Waals surface area contributed by atoms with Crippen LogP contribution in [-0.2, 0) is 11.2 Å². The van der Waals surface area contributed by atoms with E-state index < -0.39 is 0 Å². The second kappa shape index (κ2) is 9.51. The smallest absolute Gasteiger partial charge is 0.246 e. The lowest BCUT2D eigenvalue weighted by atomic mass is 10.1. The van der Waals surface area contributed by atoms with Crippen molar-refractivity contribution >= 4 is 17.3 Å². The third kappa shape index (κ3) is 5.84. The summed E-state index contributed by atoms with van der Waals surface area (Å²) in [6.45, 7) is 7.90. The Morgan fingerprint density at radius 3 is 2.58 bits per heavy atom. The van der Waals surface area contributed by atoms with E-state index in [1.807, 2.05) is 43.3 Å². The number of hydrogen-bond donors (Lipinski definition) is 2. The van der Waals surface area contributed by atoms with E-state index in [0.29, 0.717) is 17.8 Å². The van der Waals surface area contributed by atoms with E-state index in [4.69, 9.17) is 0 Å². The van der Waals surface area contributed by atoms with Crippen molar-refractivity contribution in [3.05, 3.63) is 65.7 Å². The van der Waals surface area contributed by atoms with Gasteiger partial charge in [-0.2, -0.15) is 5.11 Å². The lowest BCUT2D eigenvalue weighted by molar-refractivity contribution is -0.117. The van der Waals surface area contributed by atoms with Crippen LogP contribution in [0.2, 0.25) is 0 Å². The summed E-state index contributed by atoms with van der Waals surface area (Å²) in [4.78, 5) is 11.4. The van der Waals surface area contributed by atoms with Crippen molar-refractivity contribution in [2.24, 2.45) is 10.2 Å². The first-order valence-corrected chi connectivity index (χ1v) is 8.70. The summed E-state index contributed by atoms with van der Waals surface area (Å²) in [5.74, 6) is 0.00772. The number of amides is 1. The molecular formula is C21H25N3O2. The SMILES string of the molecule is C=C(C)C(=O)NCCCCc1ccc(O)c(N=Nc2ccccc2C)c1. The van der Waals surface area contributed by atoms with E-state index in [1.165, 1.54) is 0 Å². The summed E-state index contributed by atoms with van der Waals surface area (Å²) in [6.07, 6.45) is 2.64. The molecule has 5 nitrogen and oxygen atoms in total. The van der Waals surface area contributed by atoms with Crippen molar-refractivity contribution in [3.8, 4) is 5.75 Å². The molecule has 0 aliphatic rings. The highest BCUT2D eigenvalue weighted by molar-refractivity contribution is 5.91. The zero-order valence-electron chi connectivity index (χ0n) is 15.3. The van der Waals surface area contributed by atoms with Crippen molar-refractivity contribution in [2.75, 3.05) is 6.54 Å². The van der Waals surface area contributed by atoms with E-state index in [2.05, 4.69) is 22.1 Å². The van der Waals surface area contributed by atoms with Gasteiger partial charge in [-0.1, -0.05) is 30.8 Å². The van der Waals surface area contributed by atoms with Gasteiger partial charge in [-0.25, -0.2) is 0 Å². The van der Waals surface area contributed by atoms with Gasteiger partial charge >= 0.3 is 0 Å². The number of aryl methyl sites for hydroxylation is 2. The second-order valence-electron chi connectivity index (χ2n) is 6.30. The summed E-state index contributed by atoms with van der Waals surface area (Å²) in [7, 11) is 0. The number of rotatable bonds is 8. The van der Waals surface area contributed by atoms with Crippen molar-refractivity contribution < 1.29 is 9.90 Å². The van der Waals surface area contributed by atoms with Gasteiger partial charge in [0.2, 0.25) is 5.91 Å². The summed E-state index contributed by atoms with van der Waals surface area (Å²) in [5.41, 5.74) is 3.87. The fraction of sp³-hybridized carbons (Fsp3) is 0.286. The number of carbonyl (C=O) groups is 1. The fourth-order valence-corrected chi connectivity index (χ4v) is 2.39. The molecule has 2 rings (SSSR count). The maximum Gasteiger partial charge on any atom is 0.246 e. The lowest BCUT2D eigenvalue weighted by Gasteiger charge is -2.06. The Morgan fingerprint density at radius 1 is 1.12 bits per heavy atom. The number of aromatic hydroxyl groups is 1.